The summed E-state index contributed by atoms with van der Waals surface area (Å²) in [5.41, 5.74) is 6.49. The number of halogens is 1. The molecule has 2 aromatic carbocycles. The number of sulfonamides is 1. The zero-order valence-corrected chi connectivity index (χ0v) is 12.7. The van der Waals surface area contributed by atoms with Crippen LogP contribution < -0.4 is 10.5 Å². The van der Waals surface area contributed by atoms with Crippen molar-refractivity contribution < 1.29 is 13.2 Å². The van der Waals surface area contributed by atoms with Crippen LogP contribution in [-0.4, -0.2) is 14.3 Å². The van der Waals surface area contributed by atoms with Gasteiger partial charge in [-0.25, -0.2) is 8.42 Å². The Morgan fingerprint density at radius 1 is 1.14 bits per heavy atom. The number of carbonyl (C=O) groups excluding carboxylic acids is 1. The number of benzene rings is 2. The topological polar surface area (TPSA) is 89.3 Å². The van der Waals surface area contributed by atoms with Crippen LogP contribution in [0.15, 0.2) is 47.4 Å². The molecule has 2 rings (SSSR count). The standard InChI is InChI=1S/C14H13ClN2O3S/c1-9-2-5-11(6-3-9)21(19,20)17-10-4-7-12(14(16)18)13(15)8-10/h2-8,17H,1H3,(H2,16,18). The van der Waals surface area contributed by atoms with Gasteiger partial charge in [0.25, 0.3) is 10.0 Å². The summed E-state index contributed by atoms with van der Waals surface area (Å²) < 4.78 is 26.8. The van der Waals surface area contributed by atoms with E-state index in [0.717, 1.165) is 5.56 Å². The Balaban J connectivity index is 2.31. The van der Waals surface area contributed by atoms with E-state index in [0.29, 0.717) is 0 Å². The van der Waals surface area contributed by atoms with Crippen molar-refractivity contribution in [3.8, 4) is 0 Å². The smallest absolute Gasteiger partial charge is 0.261 e. The first-order valence-electron chi connectivity index (χ1n) is 5.98. The lowest BCUT2D eigenvalue weighted by Gasteiger charge is -2.09. The van der Waals surface area contributed by atoms with Gasteiger partial charge in [0.1, 0.15) is 0 Å². The maximum atomic E-state index is 12.2. The van der Waals surface area contributed by atoms with Crippen LogP contribution in [0.3, 0.4) is 0 Å². The van der Waals surface area contributed by atoms with Crippen LogP contribution in [0.5, 0.6) is 0 Å². The number of nitrogens with one attached hydrogen (secondary N) is 1. The SMILES string of the molecule is Cc1ccc(S(=O)(=O)Nc2ccc(C(N)=O)c(Cl)c2)cc1. The van der Waals surface area contributed by atoms with Gasteiger partial charge in [0.15, 0.2) is 0 Å². The van der Waals surface area contributed by atoms with Crippen molar-refractivity contribution in [2.45, 2.75) is 11.8 Å². The van der Waals surface area contributed by atoms with Crippen LogP contribution in [0.4, 0.5) is 5.69 Å². The van der Waals surface area contributed by atoms with Gasteiger partial charge < -0.3 is 5.73 Å². The van der Waals surface area contributed by atoms with Crippen LogP contribution in [0.25, 0.3) is 0 Å². The lowest BCUT2D eigenvalue weighted by atomic mass is 10.2. The fourth-order valence-corrected chi connectivity index (χ4v) is 3.03. The van der Waals surface area contributed by atoms with Gasteiger partial charge in [-0.2, -0.15) is 0 Å². The van der Waals surface area contributed by atoms with E-state index in [1.54, 1.807) is 12.1 Å². The molecular weight excluding hydrogens is 312 g/mol. The first kappa shape index (κ1) is 15.3. The van der Waals surface area contributed by atoms with Crippen molar-refractivity contribution in [3.63, 3.8) is 0 Å². The number of primary amides is 1. The van der Waals surface area contributed by atoms with E-state index in [-0.39, 0.29) is 21.2 Å². The second-order valence-electron chi connectivity index (χ2n) is 4.48. The molecule has 0 atom stereocenters. The minimum atomic E-state index is -3.70. The van der Waals surface area contributed by atoms with E-state index in [1.165, 1.54) is 30.3 Å². The first-order chi connectivity index (χ1) is 9.79. The average Bonchev–Trinajstić information content (AvgIpc) is 2.38. The Hall–Kier alpha value is -2.05. The van der Waals surface area contributed by atoms with Crippen molar-refractivity contribution in [1.29, 1.82) is 0 Å². The normalized spacial score (nSPS) is 11.1. The van der Waals surface area contributed by atoms with E-state index in [2.05, 4.69) is 4.72 Å². The van der Waals surface area contributed by atoms with E-state index in [1.807, 2.05) is 6.92 Å². The molecule has 0 bridgehead atoms. The summed E-state index contributed by atoms with van der Waals surface area (Å²) in [5, 5.41) is 0.0895. The van der Waals surface area contributed by atoms with Crippen molar-refractivity contribution in [2.75, 3.05) is 4.72 Å². The molecule has 0 saturated carbocycles. The molecule has 7 heteroatoms. The van der Waals surface area contributed by atoms with Gasteiger partial charge in [0.05, 0.1) is 21.2 Å². The van der Waals surface area contributed by atoms with Gasteiger partial charge in [0, 0.05) is 0 Å². The highest BCUT2D eigenvalue weighted by Crippen LogP contribution is 2.23. The number of rotatable bonds is 4. The molecule has 0 aromatic heterocycles. The highest BCUT2D eigenvalue weighted by molar-refractivity contribution is 7.92. The number of hydrogen-bond acceptors (Lipinski definition) is 3. The molecule has 110 valence electrons. The van der Waals surface area contributed by atoms with Crippen molar-refractivity contribution in [2.24, 2.45) is 5.73 Å². The number of carbonyl (C=O) groups is 1. The Morgan fingerprint density at radius 3 is 2.29 bits per heavy atom. The quantitative estimate of drug-likeness (QED) is 0.905. The fraction of sp³-hybridized carbons (Fsp3) is 0.0714. The van der Waals surface area contributed by atoms with Gasteiger partial charge in [-0.1, -0.05) is 29.3 Å². The second kappa shape index (κ2) is 5.75. The Kier molecular flexibility index (Phi) is 4.20. The highest BCUT2D eigenvalue weighted by atomic mass is 35.5. The summed E-state index contributed by atoms with van der Waals surface area (Å²) in [7, 11) is -3.70. The predicted octanol–water partition coefficient (Wildman–Crippen LogP) is 2.55. The fourth-order valence-electron chi connectivity index (χ4n) is 1.71. The van der Waals surface area contributed by atoms with Crippen molar-refractivity contribution in [1.82, 2.24) is 0 Å². The number of amides is 1. The molecule has 3 N–H and O–H groups in total. The summed E-state index contributed by atoms with van der Waals surface area (Å²) in [6.07, 6.45) is 0. The number of nitrogens with two attached hydrogens (primary N) is 1. The molecule has 0 aliphatic heterocycles. The van der Waals surface area contributed by atoms with E-state index >= 15 is 0 Å². The van der Waals surface area contributed by atoms with Crippen LogP contribution in [0, 0.1) is 6.92 Å². The maximum absolute atomic E-state index is 12.2. The lowest BCUT2D eigenvalue weighted by Crippen LogP contribution is -2.14. The van der Waals surface area contributed by atoms with E-state index in [4.69, 9.17) is 17.3 Å². The third kappa shape index (κ3) is 3.53. The summed E-state index contributed by atoms with van der Waals surface area (Å²) >= 11 is 5.88. The number of aryl methyl sites for hydroxylation is 1. The molecule has 0 saturated heterocycles. The Labute approximate surface area is 127 Å². The molecule has 0 aliphatic carbocycles. The van der Waals surface area contributed by atoms with Crippen LogP contribution in [-0.2, 0) is 10.0 Å². The summed E-state index contributed by atoms with van der Waals surface area (Å²) in [6.45, 7) is 1.87. The number of anilines is 1. The average molecular weight is 325 g/mol. The largest absolute Gasteiger partial charge is 0.366 e. The highest BCUT2D eigenvalue weighted by Gasteiger charge is 2.15. The second-order valence-corrected chi connectivity index (χ2v) is 6.57. The third-order valence-electron chi connectivity index (χ3n) is 2.82. The molecule has 1 amide bonds. The van der Waals surface area contributed by atoms with Gasteiger partial charge in [-0.3, -0.25) is 9.52 Å². The zero-order valence-electron chi connectivity index (χ0n) is 11.1. The zero-order chi connectivity index (χ0) is 15.6. The monoisotopic (exact) mass is 324 g/mol. The van der Waals surface area contributed by atoms with Gasteiger partial charge in [-0.15, -0.1) is 0 Å². The van der Waals surface area contributed by atoms with Gasteiger partial charge in [0.2, 0.25) is 5.91 Å². The van der Waals surface area contributed by atoms with E-state index < -0.39 is 15.9 Å². The molecular formula is C14H13ClN2O3S. The van der Waals surface area contributed by atoms with Crippen LogP contribution >= 0.6 is 11.6 Å². The molecule has 0 fully saturated rings. The summed E-state index contributed by atoms with van der Waals surface area (Å²) in [5.74, 6) is -0.673. The van der Waals surface area contributed by atoms with Crippen molar-refractivity contribution in [3.05, 3.63) is 58.6 Å². The minimum Gasteiger partial charge on any atom is -0.366 e. The molecule has 0 radical (unpaired) electrons. The minimum absolute atomic E-state index is 0.0895. The summed E-state index contributed by atoms with van der Waals surface area (Å²) in [6, 6.07) is 10.6. The first-order valence-corrected chi connectivity index (χ1v) is 7.84. The lowest BCUT2D eigenvalue weighted by molar-refractivity contribution is 0.100. The molecule has 0 heterocycles. The molecule has 0 spiro atoms. The molecule has 2 aromatic rings. The molecule has 21 heavy (non-hydrogen) atoms. The van der Waals surface area contributed by atoms with Crippen LogP contribution in [0.2, 0.25) is 5.02 Å². The number of hydrogen-bond donors (Lipinski definition) is 2. The molecule has 5 nitrogen and oxygen atoms in total. The third-order valence-corrected chi connectivity index (χ3v) is 4.53. The Bertz CT molecular complexity index is 786. The van der Waals surface area contributed by atoms with Gasteiger partial charge >= 0.3 is 0 Å². The maximum Gasteiger partial charge on any atom is 0.261 e. The predicted molar refractivity (Wildman–Crippen MR) is 82.0 cm³/mol. The van der Waals surface area contributed by atoms with Gasteiger partial charge in [-0.05, 0) is 37.3 Å². The van der Waals surface area contributed by atoms with Crippen LogP contribution in [0.1, 0.15) is 15.9 Å². The molecule has 0 aliphatic rings. The Morgan fingerprint density at radius 2 is 1.76 bits per heavy atom. The van der Waals surface area contributed by atoms with Crippen molar-refractivity contribution >= 4 is 33.2 Å². The summed E-state index contributed by atoms with van der Waals surface area (Å²) in [4.78, 5) is 11.2. The molecule has 0 unspecified atom stereocenters. The van der Waals surface area contributed by atoms with E-state index in [9.17, 15) is 13.2 Å².